The van der Waals surface area contributed by atoms with Crippen molar-refractivity contribution in [2.45, 2.75) is 19.4 Å². The van der Waals surface area contributed by atoms with E-state index < -0.39 is 0 Å². The first-order valence-electron chi connectivity index (χ1n) is 8.46. The van der Waals surface area contributed by atoms with E-state index in [4.69, 9.17) is 0 Å². The monoisotopic (exact) mass is 333 g/mol. The Labute approximate surface area is 145 Å². The van der Waals surface area contributed by atoms with Gasteiger partial charge in [0.1, 0.15) is 0 Å². The molecule has 1 aliphatic heterocycles. The number of aryl methyl sites for hydroxylation is 1. The average molecular weight is 333 g/mol. The molecule has 1 saturated heterocycles. The molecule has 1 fully saturated rings. The van der Waals surface area contributed by atoms with E-state index in [1.807, 2.05) is 42.7 Å². The minimum absolute atomic E-state index is 0.0469. The second-order valence-electron chi connectivity index (χ2n) is 6.17. The summed E-state index contributed by atoms with van der Waals surface area (Å²) in [6.07, 6.45) is 4.64. The van der Waals surface area contributed by atoms with Gasteiger partial charge in [-0.3, -0.25) is 4.79 Å². The van der Waals surface area contributed by atoms with E-state index in [-0.39, 0.29) is 11.6 Å². The lowest BCUT2D eigenvalue weighted by Crippen LogP contribution is -2.51. The molecule has 1 aliphatic rings. The number of nitrogens with zero attached hydrogens (tertiary/aromatic N) is 5. The summed E-state index contributed by atoms with van der Waals surface area (Å²) in [5, 5.41) is 4.56. The molecule has 1 aromatic carbocycles. The number of rotatable bonds is 4. The van der Waals surface area contributed by atoms with Gasteiger partial charge in [0.2, 0.25) is 5.95 Å². The smallest absolute Gasteiger partial charge is 0.267 e. The molecular formula is C19H19N5O. The van der Waals surface area contributed by atoms with Crippen LogP contribution in [0.15, 0.2) is 59.7 Å². The van der Waals surface area contributed by atoms with Gasteiger partial charge in [-0.05, 0) is 18.1 Å². The molecule has 0 bridgehead atoms. The molecule has 3 heterocycles. The molecule has 0 spiro atoms. The van der Waals surface area contributed by atoms with Gasteiger partial charge < -0.3 is 4.90 Å². The lowest BCUT2D eigenvalue weighted by Gasteiger charge is -2.39. The van der Waals surface area contributed by atoms with Crippen LogP contribution in [0.2, 0.25) is 0 Å². The molecule has 25 heavy (non-hydrogen) atoms. The van der Waals surface area contributed by atoms with Crippen LogP contribution in [0, 0.1) is 0 Å². The number of aromatic nitrogens is 4. The molecular weight excluding hydrogens is 314 g/mol. The normalized spacial score (nSPS) is 14.4. The third-order valence-corrected chi connectivity index (χ3v) is 4.49. The van der Waals surface area contributed by atoms with Crippen molar-refractivity contribution in [2.75, 3.05) is 18.0 Å². The highest BCUT2D eigenvalue weighted by atomic mass is 16.1. The summed E-state index contributed by atoms with van der Waals surface area (Å²) in [5.41, 5.74) is 2.86. The van der Waals surface area contributed by atoms with E-state index in [1.165, 1.54) is 0 Å². The van der Waals surface area contributed by atoms with Crippen molar-refractivity contribution in [3.63, 3.8) is 0 Å². The topological polar surface area (TPSA) is 63.9 Å². The van der Waals surface area contributed by atoms with E-state index >= 15 is 0 Å². The molecule has 0 radical (unpaired) electrons. The first kappa shape index (κ1) is 15.5. The van der Waals surface area contributed by atoms with E-state index in [0.717, 1.165) is 23.2 Å². The van der Waals surface area contributed by atoms with E-state index in [2.05, 4.69) is 26.9 Å². The molecule has 2 aromatic heterocycles. The fourth-order valence-corrected chi connectivity index (χ4v) is 2.92. The molecule has 6 heteroatoms. The van der Waals surface area contributed by atoms with Crippen LogP contribution in [-0.2, 0) is 6.42 Å². The maximum atomic E-state index is 12.2. The van der Waals surface area contributed by atoms with Crippen molar-refractivity contribution >= 4 is 5.95 Å². The number of hydrogen-bond donors (Lipinski definition) is 0. The highest BCUT2D eigenvalue weighted by Gasteiger charge is 2.31. The van der Waals surface area contributed by atoms with Gasteiger partial charge in [0.15, 0.2) is 0 Å². The minimum atomic E-state index is -0.0772. The van der Waals surface area contributed by atoms with Crippen LogP contribution < -0.4 is 10.5 Å². The molecule has 3 aromatic rings. The second-order valence-corrected chi connectivity index (χ2v) is 6.17. The van der Waals surface area contributed by atoms with Crippen LogP contribution in [0.3, 0.4) is 0 Å². The van der Waals surface area contributed by atoms with E-state index in [9.17, 15) is 4.79 Å². The van der Waals surface area contributed by atoms with Crippen LogP contribution in [0.25, 0.3) is 11.3 Å². The zero-order chi connectivity index (χ0) is 17.2. The van der Waals surface area contributed by atoms with Gasteiger partial charge in [-0.15, -0.1) is 0 Å². The standard InChI is InChI=1S/C19H19N5O/c1-2-14-10-20-19(21-11-14)23-12-16(13-23)24-18(25)9-8-17(22-24)15-6-4-3-5-7-15/h3-11,16H,2,12-13H2,1H3. The van der Waals surface area contributed by atoms with Crippen molar-refractivity contribution in [2.24, 2.45) is 0 Å². The Morgan fingerprint density at radius 1 is 1.04 bits per heavy atom. The third-order valence-electron chi connectivity index (χ3n) is 4.49. The Kier molecular flexibility index (Phi) is 4.01. The summed E-state index contributed by atoms with van der Waals surface area (Å²) < 4.78 is 1.58. The predicted molar refractivity (Wildman–Crippen MR) is 96.6 cm³/mol. The van der Waals surface area contributed by atoms with Gasteiger partial charge in [0.05, 0.1) is 11.7 Å². The molecule has 6 nitrogen and oxygen atoms in total. The molecule has 126 valence electrons. The average Bonchev–Trinajstić information content (AvgIpc) is 2.63. The predicted octanol–water partition coefficient (Wildman–Crippen LogP) is 2.32. The van der Waals surface area contributed by atoms with E-state index in [1.54, 1.807) is 16.8 Å². The first-order chi connectivity index (χ1) is 12.2. The summed E-state index contributed by atoms with van der Waals surface area (Å²) in [7, 11) is 0. The zero-order valence-electron chi connectivity index (χ0n) is 14.0. The number of anilines is 1. The fourth-order valence-electron chi connectivity index (χ4n) is 2.92. The van der Waals surface area contributed by atoms with Gasteiger partial charge in [-0.2, -0.15) is 5.10 Å². The highest BCUT2D eigenvalue weighted by molar-refractivity contribution is 5.57. The van der Waals surface area contributed by atoms with Gasteiger partial charge in [0, 0.05) is 37.1 Å². The third kappa shape index (κ3) is 3.03. The molecule has 0 N–H and O–H groups in total. The Bertz CT molecular complexity index is 915. The van der Waals surface area contributed by atoms with Gasteiger partial charge in [0.25, 0.3) is 5.56 Å². The highest BCUT2D eigenvalue weighted by Crippen LogP contribution is 2.24. The summed E-state index contributed by atoms with van der Waals surface area (Å²) >= 11 is 0. The second kappa shape index (κ2) is 6.47. The quantitative estimate of drug-likeness (QED) is 0.733. The van der Waals surface area contributed by atoms with Crippen molar-refractivity contribution in [1.29, 1.82) is 0 Å². The van der Waals surface area contributed by atoms with Gasteiger partial charge in [-0.25, -0.2) is 14.6 Å². The lowest BCUT2D eigenvalue weighted by molar-refractivity contribution is 0.350. The molecule has 0 atom stereocenters. The van der Waals surface area contributed by atoms with Crippen LogP contribution in [0.5, 0.6) is 0 Å². The summed E-state index contributed by atoms with van der Waals surface area (Å²) in [4.78, 5) is 23.1. The Morgan fingerprint density at radius 3 is 2.44 bits per heavy atom. The van der Waals surface area contributed by atoms with Crippen LogP contribution in [0.1, 0.15) is 18.5 Å². The minimum Gasteiger partial charge on any atom is -0.336 e. The number of benzene rings is 1. The Morgan fingerprint density at radius 2 is 1.76 bits per heavy atom. The molecule has 0 amide bonds. The van der Waals surface area contributed by atoms with Crippen molar-refractivity contribution in [3.8, 4) is 11.3 Å². The van der Waals surface area contributed by atoms with E-state index in [0.29, 0.717) is 19.0 Å². The summed E-state index contributed by atoms with van der Waals surface area (Å²) in [6.45, 7) is 3.46. The fraction of sp³-hybridized carbons (Fsp3) is 0.263. The maximum Gasteiger partial charge on any atom is 0.267 e. The molecule has 4 rings (SSSR count). The maximum absolute atomic E-state index is 12.2. The van der Waals surface area contributed by atoms with Crippen LogP contribution in [-0.4, -0.2) is 32.8 Å². The lowest BCUT2D eigenvalue weighted by atomic mass is 10.1. The summed E-state index contributed by atoms with van der Waals surface area (Å²) in [6, 6.07) is 13.3. The molecule has 0 aliphatic carbocycles. The van der Waals surface area contributed by atoms with Crippen molar-refractivity contribution in [3.05, 3.63) is 70.8 Å². The number of hydrogen-bond acceptors (Lipinski definition) is 5. The summed E-state index contributed by atoms with van der Waals surface area (Å²) in [5.74, 6) is 0.709. The molecule has 0 saturated carbocycles. The van der Waals surface area contributed by atoms with Crippen molar-refractivity contribution in [1.82, 2.24) is 19.7 Å². The Hall–Kier alpha value is -3.02. The van der Waals surface area contributed by atoms with Crippen molar-refractivity contribution < 1.29 is 0 Å². The Balaban J connectivity index is 1.52. The van der Waals surface area contributed by atoms with Crippen LogP contribution in [0.4, 0.5) is 5.95 Å². The zero-order valence-corrected chi connectivity index (χ0v) is 14.0. The van der Waals surface area contributed by atoms with Gasteiger partial charge >= 0.3 is 0 Å². The van der Waals surface area contributed by atoms with Crippen LogP contribution >= 0.6 is 0 Å². The molecule has 0 unspecified atom stereocenters. The first-order valence-corrected chi connectivity index (χ1v) is 8.46. The largest absolute Gasteiger partial charge is 0.336 e. The van der Waals surface area contributed by atoms with Gasteiger partial charge in [-0.1, -0.05) is 37.3 Å². The SMILES string of the molecule is CCc1cnc(N2CC(n3nc(-c4ccccc4)ccc3=O)C2)nc1.